The second kappa shape index (κ2) is 9.99. The van der Waals surface area contributed by atoms with Crippen molar-refractivity contribution < 1.29 is 18.0 Å². The number of sulfonamides is 1. The average molecular weight is 479 g/mol. The van der Waals surface area contributed by atoms with E-state index in [9.17, 15) is 18.0 Å². The van der Waals surface area contributed by atoms with Gasteiger partial charge in [0.05, 0.1) is 16.9 Å². The summed E-state index contributed by atoms with van der Waals surface area (Å²) in [6.45, 7) is 1.35. The number of nitrogens with two attached hydrogens (primary N) is 1. The molecule has 1 heterocycles. The molecule has 2 aromatic rings. The summed E-state index contributed by atoms with van der Waals surface area (Å²) in [6, 6.07) is 12.2. The molecule has 0 radical (unpaired) electrons. The summed E-state index contributed by atoms with van der Waals surface area (Å²) in [5.74, 6) is -1.01. The summed E-state index contributed by atoms with van der Waals surface area (Å²) < 4.78 is 23.2. The van der Waals surface area contributed by atoms with Crippen LogP contribution in [0.4, 0.5) is 5.69 Å². The van der Waals surface area contributed by atoms with Crippen LogP contribution in [0.3, 0.4) is 0 Å². The first-order valence-electron chi connectivity index (χ1n) is 10.2. The number of anilines is 1. The Morgan fingerprint density at radius 2 is 1.78 bits per heavy atom. The molecule has 0 aromatic heterocycles. The third-order valence-electron chi connectivity index (χ3n) is 5.40. The maximum atomic E-state index is 13.0. The largest absolute Gasteiger partial charge is 0.356 e. The van der Waals surface area contributed by atoms with Crippen LogP contribution in [0, 0.1) is 5.92 Å². The number of nitrogens with one attached hydrogen (secondary N) is 1. The predicted molar refractivity (Wildman–Crippen MR) is 124 cm³/mol. The number of carbonyl (C=O) groups is 2. The molecule has 0 saturated carbocycles. The Balaban J connectivity index is 1.91. The van der Waals surface area contributed by atoms with Gasteiger partial charge in [-0.3, -0.25) is 9.59 Å². The molecule has 3 rings (SSSR count). The molecule has 8 nitrogen and oxygen atoms in total. The van der Waals surface area contributed by atoms with E-state index >= 15 is 0 Å². The third kappa shape index (κ3) is 5.66. The standard InChI is InChI=1S/C22H27ClN4O4S/c1-26(2)13-3-12-25-22(29)19-14-20(28)27(21(19)15-4-6-16(23)7-5-15)17-8-10-18(11-9-17)32(24,30)31/h4-11,19,21H,3,12-14H2,1-2H3,(H,25,29)(H2,24,30,31)/t19-,21+/m0/s1. The van der Waals surface area contributed by atoms with Gasteiger partial charge in [-0.15, -0.1) is 0 Å². The molecule has 1 aliphatic heterocycles. The number of rotatable bonds is 8. The fourth-order valence-corrected chi connectivity index (χ4v) is 4.49. The van der Waals surface area contributed by atoms with E-state index in [1.807, 2.05) is 19.0 Å². The predicted octanol–water partition coefficient (Wildman–Crippen LogP) is 2.15. The second-order valence-electron chi connectivity index (χ2n) is 8.06. The minimum atomic E-state index is -3.86. The first-order valence-corrected chi connectivity index (χ1v) is 12.1. The molecule has 32 heavy (non-hydrogen) atoms. The van der Waals surface area contributed by atoms with Crippen LogP contribution in [-0.4, -0.2) is 52.3 Å². The lowest BCUT2D eigenvalue weighted by molar-refractivity contribution is -0.126. The number of nitrogens with zero attached hydrogens (tertiary/aromatic N) is 2. The number of halogens is 1. The van der Waals surface area contributed by atoms with Gasteiger partial charge in [0.1, 0.15) is 0 Å². The molecule has 1 saturated heterocycles. The summed E-state index contributed by atoms with van der Waals surface area (Å²) in [5.41, 5.74) is 1.26. The molecule has 0 spiro atoms. The molecule has 0 unspecified atom stereocenters. The number of hydrogen-bond donors (Lipinski definition) is 2. The molecular formula is C22H27ClN4O4S. The third-order valence-corrected chi connectivity index (χ3v) is 6.58. The minimum Gasteiger partial charge on any atom is -0.356 e. The number of amides is 2. The molecule has 1 fully saturated rings. The highest BCUT2D eigenvalue weighted by Gasteiger charge is 2.45. The first-order chi connectivity index (χ1) is 15.1. The molecule has 10 heteroatoms. The molecule has 172 valence electrons. The van der Waals surface area contributed by atoms with Gasteiger partial charge in [0, 0.05) is 23.7 Å². The van der Waals surface area contributed by atoms with E-state index in [0.29, 0.717) is 17.3 Å². The molecule has 2 atom stereocenters. The number of primary sulfonamides is 1. The lowest BCUT2D eigenvalue weighted by Gasteiger charge is -2.28. The van der Waals surface area contributed by atoms with Crippen LogP contribution in [-0.2, 0) is 19.6 Å². The van der Waals surface area contributed by atoms with Crippen molar-refractivity contribution in [3.63, 3.8) is 0 Å². The Bertz CT molecular complexity index is 1070. The van der Waals surface area contributed by atoms with Gasteiger partial charge in [-0.05, 0) is 69.0 Å². The van der Waals surface area contributed by atoms with E-state index in [1.165, 1.54) is 24.3 Å². The Labute approximate surface area is 193 Å². The van der Waals surface area contributed by atoms with E-state index in [2.05, 4.69) is 5.32 Å². The van der Waals surface area contributed by atoms with Gasteiger partial charge in [-0.25, -0.2) is 13.6 Å². The van der Waals surface area contributed by atoms with E-state index in [-0.39, 0.29) is 23.1 Å². The van der Waals surface area contributed by atoms with E-state index in [1.54, 1.807) is 29.2 Å². The highest BCUT2D eigenvalue weighted by Crippen LogP contribution is 2.42. The monoisotopic (exact) mass is 478 g/mol. The molecule has 1 aliphatic rings. The molecule has 0 bridgehead atoms. The second-order valence-corrected chi connectivity index (χ2v) is 10.1. The van der Waals surface area contributed by atoms with Gasteiger partial charge in [-0.2, -0.15) is 0 Å². The van der Waals surface area contributed by atoms with E-state index < -0.39 is 22.0 Å². The van der Waals surface area contributed by atoms with Crippen molar-refractivity contribution in [2.45, 2.75) is 23.8 Å². The van der Waals surface area contributed by atoms with Gasteiger partial charge in [0.15, 0.2) is 0 Å². The van der Waals surface area contributed by atoms with E-state index in [0.717, 1.165) is 18.5 Å². The lowest BCUT2D eigenvalue weighted by Crippen LogP contribution is -2.36. The fraction of sp³-hybridized carbons (Fsp3) is 0.364. The summed E-state index contributed by atoms with van der Waals surface area (Å²) >= 11 is 6.04. The highest BCUT2D eigenvalue weighted by atomic mass is 35.5. The molecule has 2 amide bonds. The van der Waals surface area contributed by atoms with Gasteiger partial charge >= 0.3 is 0 Å². The summed E-state index contributed by atoms with van der Waals surface area (Å²) in [5, 5.41) is 8.68. The number of hydrogen-bond acceptors (Lipinski definition) is 5. The SMILES string of the molecule is CN(C)CCCNC(=O)[C@H]1CC(=O)N(c2ccc(S(N)(=O)=O)cc2)[C@@H]1c1ccc(Cl)cc1. The Kier molecular flexibility index (Phi) is 7.55. The lowest BCUT2D eigenvalue weighted by atomic mass is 9.92. The van der Waals surface area contributed by atoms with Crippen LogP contribution < -0.4 is 15.4 Å². The summed E-state index contributed by atoms with van der Waals surface area (Å²) in [4.78, 5) is 29.6. The van der Waals surface area contributed by atoms with Crippen molar-refractivity contribution in [1.29, 1.82) is 0 Å². The van der Waals surface area contributed by atoms with Crippen molar-refractivity contribution in [3.8, 4) is 0 Å². The molecule has 0 aliphatic carbocycles. The minimum absolute atomic E-state index is 0.0454. The normalized spacial score (nSPS) is 18.9. The number of carbonyl (C=O) groups excluding carboxylic acids is 2. The van der Waals surface area contributed by atoms with Crippen molar-refractivity contribution in [1.82, 2.24) is 10.2 Å². The molecule has 2 aromatic carbocycles. The van der Waals surface area contributed by atoms with Crippen molar-refractivity contribution in [2.75, 3.05) is 32.1 Å². The quantitative estimate of drug-likeness (QED) is 0.564. The molecule has 3 N–H and O–H groups in total. The van der Waals surface area contributed by atoms with Crippen LogP contribution in [0.25, 0.3) is 0 Å². The maximum absolute atomic E-state index is 13.0. The van der Waals surface area contributed by atoms with Crippen molar-refractivity contribution in [3.05, 3.63) is 59.1 Å². The first kappa shape index (κ1) is 24.2. The zero-order valence-electron chi connectivity index (χ0n) is 18.0. The maximum Gasteiger partial charge on any atom is 0.238 e. The average Bonchev–Trinajstić information content (AvgIpc) is 3.08. The zero-order valence-corrected chi connectivity index (χ0v) is 19.6. The van der Waals surface area contributed by atoms with E-state index in [4.69, 9.17) is 16.7 Å². The fourth-order valence-electron chi connectivity index (χ4n) is 3.85. The van der Waals surface area contributed by atoms with Crippen LogP contribution in [0.2, 0.25) is 5.02 Å². The molecular weight excluding hydrogens is 452 g/mol. The Morgan fingerprint density at radius 1 is 1.16 bits per heavy atom. The van der Waals surface area contributed by atoms with Gasteiger partial charge in [0.2, 0.25) is 21.8 Å². The summed E-state index contributed by atoms with van der Waals surface area (Å²) in [6.07, 6.45) is 0.841. The summed E-state index contributed by atoms with van der Waals surface area (Å²) in [7, 11) is 0.0747. The van der Waals surface area contributed by atoms with Gasteiger partial charge < -0.3 is 15.1 Å². The Morgan fingerprint density at radius 3 is 2.34 bits per heavy atom. The van der Waals surface area contributed by atoms with Crippen LogP contribution in [0.15, 0.2) is 53.4 Å². The number of benzene rings is 2. The van der Waals surface area contributed by atoms with Crippen molar-refractivity contribution in [2.24, 2.45) is 11.1 Å². The topological polar surface area (TPSA) is 113 Å². The van der Waals surface area contributed by atoms with Crippen LogP contribution in [0.5, 0.6) is 0 Å². The van der Waals surface area contributed by atoms with Crippen LogP contribution in [0.1, 0.15) is 24.4 Å². The Hall–Kier alpha value is -2.46. The smallest absolute Gasteiger partial charge is 0.238 e. The van der Waals surface area contributed by atoms with Gasteiger partial charge in [0.25, 0.3) is 0 Å². The van der Waals surface area contributed by atoms with Crippen molar-refractivity contribution >= 4 is 39.1 Å². The highest BCUT2D eigenvalue weighted by molar-refractivity contribution is 7.89. The van der Waals surface area contributed by atoms with Gasteiger partial charge in [-0.1, -0.05) is 23.7 Å². The van der Waals surface area contributed by atoms with Crippen LogP contribution >= 0.6 is 11.6 Å². The zero-order chi connectivity index (χ0) is 23.5.